The van der Waals surface area contributed by atoms with E-state index in [0.717, 1.165) is 24.8 Å². The first-order valence-corrected chi connectivity index (χ1v) is 12.7. The average Bonchev–Trinajstić information content (AvgIpc) is 2.81. The standard InChI is InChI=1S/C25H29N3O5S/c1-17-11-12-18(2)22(15-17)34(31,32)28-21-10-6-5-9-20(21)24(30)33-19(3)23(29)27-25(16-26)13-7-4-8-14-25/h5-6,9-12,15,19,28H,4,7-8,13-14H2,1-3H3,(H,27,29)/t19-/m0/s1. The van der Waals surface area contributed by atoms with Crippen molar-refractivity contribution in [3.8, 4) is 6.07 Å². The number of sulfonamides is 1. The van der Waals surface area contributed by atoms with Crippen LogP contribution >= 0.6 is 0 Å². The number of esters is 1. The normalized spacial score (nSPS) is 16.1. The smallest absolute Gasteiger partial charge is 0.341 e. The Hall–Kier alpha value is -3.38. The van der Waals surface area contributed by atoms with Crippen molar-refractivity contribution in [2.24, 2.45) is 0 Å². The Morgan fingerprint density at radius 3 is 2.44 bits per heavy atom. The maximum absolute atomic E-state index is 13.0. The molecule has 0 aliphatic heterocycles. The molecule has 0 heterocycles. The van der Waals surface area contributed by atoms with Gasteiger partial charge in [-0.3, -0.25) is 9.52 Å². The van der Waals surface area contributed by atoms with Crippen molar-refractivity contribution < 1.29 is 22.7 Å². The molecule has 1 atom stereocenters. The highest BCUT2D eigenvalue weighted by Gasteiger charge is 2.35. The Labute approximate surface area is 200 Å². The molecule has 180 valence electrons. The summed E-state index contributed by atoms with van der Waals surface area (Å²) in [5, 5.41) is 12.3. The molecule has 0 spiro atoms. The number of amides is 1. The van der Waals surface area contributed by atoms with Gasteiger partial charge in [0.25, 0.3) is 15.9 Å². The van der Waals surface area contributed by atoms with Crippen LogP contribution in [0.2, 0.25) is 0 Å². The molecule has 1 aliphatic rings. The number of rotatable bonds is 7. The molecule has 0 saturated heterocycles. The van der Waals surface area contributed by atoms with Crippen molar-refractivity contribution in [1.29, 1.82) is 5.26 Å². The van der Waals surface area contributed by atoms with Crippen molar-refractivity contribution in [3.63, 3.8) is 0 Å². The van der Waals surface area contributed by atoms with Gasteiger partial charge in [0, 0.05) is 0 Å². The van der Waals surface area contributed by atoms with Gasteiger partial charge in [0.15, 0.2) is 6.10 Å². The quantitative estimate of drug-likeness (QED) is 0.574. The van der Waals surface area contributed by atoms with Crippen LogP contribution in [0, 0.1) is 25.2 Å². The second kappa shape index (κ2) is 10.3. The molecule has 34 heavy (non-hydrogen) atoms. The number of hydrogen-bond donors (Lipinski definition) is 2. The molecule has 8 nitrogen and oxygen atoms in total. The number of anilines is 1. The van der Waals surface area contributed by atoms with Gasteiger partial charge in [0.05, 0.1) is 22.2 Å². The predicted molar refractivity (Wildman–Crippen MR) is 128 cm³/mol. The Bertz CT molecular complexity index is 1230. The summed E-state index contributed by atoms with van der Waals surface area (Å²) in [5.41, 5.74) is 0.421. The maximum Gasteiger partial charge on any atom is 0.341 e. The van der Waals surface area contributed by atoms with E-state index in [0.29, 0.717) is 18.4 Å². The SMILES string of the molecule is Cc1ccc(C)c(S(=O)(=O)Nc2ccccc2C(=O)O[C@@H](C)C(=O)NC2(C#N)CCCCC2)c1. The average molecular weight is 484 g/mol. The zero-order valence-corrected chi connectivity index (χ0v) is 20.4. The number of nitrogens with zero attached hydrogens (tertiary/aromatic N) is 1. The maximum atomic E-state index is 13.0. The molecular weight excluding hydrogens is 454 g/mol. The zero-order valence-electron chi connectivity index (χ0n) is 19.6. The third-order valence-corrected chi connectivity index (χ3v) is 7.47. The highest BCUT2D eigenvalue weighted by Crippen LogP contribution is 2.28. The summed E-state index contributed by atoms with van der Waals surface area (Å²) in [4.78, 5) is 25.6. The predicted octanol–water partition coefficient (Wildman–Crippen LogP) is 3.99. The first-order valence-electron chi connectivity index (χ1n) is 11.2. The molecule has 9 heteroatoms. The fourth-order valence-electron chi connectivity index (χ4n) is 3.98. The van der Waals surface area contributed by atoms with Gasteiger partial charge in [-0.2, -0.15) is 5.26 Å². The van der Waals surface area contributed by atoms with Crippen LogP contribution in [0.4, 0.5) is 5.69 Å². The molecule has 2 aromatic rings. The number of para-hydroxylation sites is 1. The van der Waals surface area contributed by atoms with Crippen LogP contribution in [0.3, 0.4) is 0 Å². The number of carbonyl (C=O) groups is 2. The second-order valence-electron chi connectivity index (χ2n) is 8.71. The molecule has 1 amide bonds. The fraction of sp³-hybridized carbons (Fsp3) is 0.400. The van der Waals surface area contributed by atoms with Gasteiger partial charge in [0.1, 0.15) is 5.54 Å². The molecule has 1 saturated carbocycles. The Balaban J connectivity index is 1.76. The van der Waals surface area contributed by atoms with Crippen molar-refractivity contribution >= 4 is 27.6 Å². The fourth-order valence-corrected chi connectivity index (χ4v) is 5.39. The van der Waals surface area contributed by atoms with E-state index in [9.17, 15) is 23.3 Å². The molecule has 0 unspecified atom stereocenters. The number of hydrogen-bond acceptors (Lipinski definition) is 6. The topological polar surface area (TPSA) is 125 Å². The summed E-state index contributed by atoms with van der Waals surface area (Å²) in [6.45, 7) is 4.90. The molecule has 0 aromatic heterocycles. The molecular formula is C25H29N3O5S. The molecule has 2 N–H and O–H groups in total. The Morgan fingerprint density at radius 2 is 1.76 bits per heavy atom. The van der Waals surface area contributed by atoms with Crippen LogP contribution < -0.4 is 10.0 Å². The largest absolute Gasteiger partial charge is 0.449 e. The van der Waals surface area contributed by atoms with Crippen molar-refractivity contribution in [1.82, 2.24) is 5.32 Å². The van der Waals surface area contributed by atoms with Crippen molar-refractivity contribution in [2.75, 3.05) is 4.72 Å². The van der Waals surface area contributed by atoms with Crippen LogP contribution in [-0.2, 0) is 19.6 Å². The number of benzene rings is 2. The summed E-state index contributed by atoms with van der Waals surface area (Å²) >= 11 is 0. The van der Waals surface area contributed by atoms with E-state index in [-0.39, 0.29) is 16.1 Å². The van der Waals surface area contributed by atoms with Gasteiger partial charge in [-0.15, -0.1) is 0 Å². The van der Waals surface area contributed by atoms with Crippen LogP contribution in [0.5, 0.6) is 0 Å². The Kier molecular flexibility index (Phi) is 7.62. The highest BCUT2D eigenvalue weighted by molar-refractivity contribution is 7.92. The number of aryl methyl sites for hydroxylation is 2. The third-order valence-electron chi connectivity index (χ3n) is 5.96. The summed E-state index contributed by atoms with van der Waals surface area (Å²) in [5.74, 6) is -1.41. The minimum atomic E-state index is -3.97. The lowest BCUT2D eigenvalue weighted by Gasteiger charge is -2.32. The highest BCUT2D eigenvalue weighted by atomic mass is 32.2. The van der Waals surface area contributed by atoms with E-state index >= 15 is 0 Å². The lowest BCUT2D eigenvalue weighted by molar-refractivity contribution is -0.130. The summed E-state index contributed by atoms with van der Waals surface area (Å²) < 4.78 is 33.8. The first-order chi connectivity index (χ1) is 16.1. The van der Waals surface area contributed by atoms with E-state index in [2.05, 4.69) is 16.1 Å². The van der Waals surface area contributed by atoms with Gasteiger partial charge in [-0.05, 0) is 62.9 Å². The summed E-state index contributed by atoms with van der Waals surface area (Å²) in [7, 11) is -3.97. The lowest BCUT2D eigenvalue weighted by Crippen LogP contribution is -2.52. The monoisotopic (exact) mass is 483 g/mol. The molecule has 1 fully saturated rings. The van der Waals surface area contributed by atoms with E-state index < -0.39 is 33.5 Å². The van der Waals surface area contributed by atoms with E-state index in [4.69, 9.17) is 4.74 Å². The number of nitrogens with one attached hydrogen (secondary N) is 2. The van der Waals surface area contributed by atoms with Gasteiger partial charge in [-0.25, -0.2) is 13.2 Å². The summed E-state index contributed by atoms with van der Waals surface area (Å²) in [6, 6.07) is 13.3. The van der Waals surface area contributed by atoms with Crippen LogP contribution in [0.15, 0.2) is 47.4 Å². The molecule has 1 aliphatic carbocycles. The molecule has 0 bridgehead atoms. The lowest BCUT2D eigenvalue weighted by atomic mass is 9.83. The van der Waals surface area contributed by atoms with Crippen LogP contribution in [-0.4, -0.2) is 31.9 Å². The number of carbonyl (C=O) groups excluding carboxylic acids is 2. The molecule has 0 radical (unpaired) electrons. The third kappa shape index (κ3) is 5.75. The van der Waals surface area contributed by atoms with Crippen LogP contribution in [0.25, 0.3) is 0 Å². The number of ether oxygens (including phenoxy) is 1. The van der Waals surface area contributed by atoms with Crippen molar-refractivity contribution in [2.45, 2.75) is 69.4 Å². The van der Waals surface area contributed by atoms with E-state index in [1.165, 1.54) is 19.1 Å². The van der Waals surface area contributed by atoms with Crippen molar-refractivity contribution in [3.05, 3.63) is 59.2 Å². The van der Waals surface area contributed by atoms with E-state index in [1.807, 2.05) is 6.07 Å². The van der Waals surface area contributed by atoms with Gasteiger partial charge >= 0.3 is 5.97 Å². The van der Waals surface area contributed by atoms with Gasteiger partial charge < -0.3 is 10.1 Å². The minimum absolute atomic E-state index is 0.0244. The van der Waals surface area contributed by atoms with Crippen LogP contribution in [0.1, 0.15) is 60.5 Å². The van der Waals surface area contributed by atoms with Gasteiger partial charge in [0.2, 0.25) is 0 Å². The van der Waals surface area contributed by atoms with Gasteiger partial charge in [-0.1, -0.05) is 43.5 Å². The first kappa shape index (κ1) is 25.2. The number of nitriles is 1. The second-order valence-corrected chi connectivity index (χ2v) is 10.4. The Morgan fingerprint density at radius 1 is 1.09 bits per heavy atom. The zero-order chi connectivity index (χ0) is 24.9. The molecule has 3 rings (SSSR count). The van der Waals surface area contributed by atoms with E-state index in [1.54, 1.807) is 38.1 Å². The molecule has 2 aromatic carbocycles. The summed E-state index contributed by atoms with van der Waals surface area (Å²) in [6.07, 6.45) is 2.64. The minimum Gasteiger partial charge on any atom is -0.449 e.